The second-order valence-electron chi connectivity index (χ2n) is 7.83. The predicted molar refractivity (Wildman–Crippen MR) is 116 cm³/mol. The number of halogens is 2. The molecular weight excluding hydrogens is 401 g/mol. The van der Waals surface area contributed by atoms with Crippen LogP contribution in [0.2, 0.25) is 5.02 Å². The largest absolute Gasteiger partial charge is 0.329 e. The van der Waals surface area contributed by atoms with E-state index in [4.69, 9.17) is 11.6 Å². The third-order valence-electron chi connectivity index (χ3n) is 5.72. The molecule has 0 unspecified atom stereocenters. The van der Waals surface area contributed by atoms with Gasteiger partial charge >= 0.3 is 0 Å². The SMILES string of the molecule is O=C(c1ccc(F)cc1)N(Cc1nccn1Cc1cccc(Cl)c1)C1CCCCC1. The molecule has 0 bridgehead atoms. The van der Waals surface area contributed by atoms with Crippen molar-refractivity contribution in [1.29, 1.82) is 0 Å². The van der Waals surface area contributed by atoms with Gasteiger partial charge < -0.3 is 9.47 Å². The Morgan fingerprint density at radius 1 is 1.13 bits per heavy atom. The molecule has 0 radical (unpaired) electrons. The van der Waals surface area contributed by atoms with Crippen LogP contribution in [0.4, 0.5) is 4.39 Å². The molecule has 0 atom stereocenters. The molecule has 0 spiro atoms. The van der Waals surface area contributed by atoms with Gasteiger partial charge in [-0.3, -0.25) is 4.79 Å². The summed E-state index contributed by atoms with van der Waals surface area (Å²) in [6.45, 7) is 1.06. The lowest BCUT2D eigenvalue weighted by molar-refractivity contribution is 0.0605. The van der Waals surface area contributed by atoms with Crippen molar-refractivity contribution in [3.05, 3.63) is 88.7 Å². The first-order valence-corrected chi connectivity index (χ1v) is 10.8. The second-order valence-corrected chi connectivity index (χ2v) is 8.27. The van der Waals surface area contributed by atoms with Crippen molar-refractivity contribution in [2.24, 2.45) is 0 Å². The highest BCUT2D eigenvalue weighted by molar-refractivity contribution is 6.30. The fraction of sp³-hybridized carbons (Fsp3) is 0.333. The van der Waals surface area contributed by atoms with E-state index in [9.17, 15) is 9.18 Å². The number of hydrogen-bond acceptors (Lipinski definition) is 2. The lowest BCUT2D eigenvalue weighted by Gasteiger charge is -2.34. The lowest BCUT2D eigenvalue weighted by atomic mass is 9.93. The van der Waals surface area contributed by atoms with Crippen molar-refractivity contribution < 1.29 is 9.18 Å². The van der Waals surface area contributed by atoms with Crippen LogP contribution in [0.15, 0.2) is 60.9 Å². The van der Waals surface area contributed by atoms with Crippen molar-refractivity contribution in [1.82, 2.24) is 14.5 Å². The topological polar surface area (TPSA) is 38.1 Å². The highest BCUT2D eigenvalue weighted by Gasteiger charge is 2.27. The molecule has 30 heavy (non-hydrogen) atoms. The molecule has 4 nitrogen and oxygen atoms in total. The standard InChI is InChI=1S/C24H25ClFN3O/c25-20-6-4-5-18(15-20)16-28-14-13-27-23(28)17-29(22-7-2-1-3-8-22)24(30)19-9-11-21(26)12-10-19/h4-6,9-15,22H,1-3,7-8,16-17H2. The first-order valence-electron chi connectivity index (χ1n) is 10.4. The number of aromatic nitrogens is 2. The van der Waals surface area contributed by atoms with Crippen LogP contribution in [-0.4, -0.2) is 26.4 Å². The number of amides is 1. The van der Waals surface area contributed by atoms with Crippen molar-refractivity contribution in [3.63, 3.8) is 0 Å². The molecule has 156 valence electrons. The van der Waals surface area contributed by atoms with Gasteiger partial charge in [-0.2, -0.15) is 0 Å². The van der Waals surface area contributed by atoms with Crippen LogP contribution in [0.1, 0.15) is 53.8 Å². The van der Waals surface area contributed by atoms with Crippen molar-refractivity contribution in [3.8, 4) is 0 Å². The van der Waals surface area contributed by atoms with Crippen LogP contribution < -0.4 is 0 Å². The zero-order valence-corrected chi connectivity index (χ0v) is 17.6. The van der Waals surface area contributed by atoms with Crippen LogP contribution in [0.3, 0.4) is 0 Å². The molecule has 3 aromatic rings. The summed E-state index contributed by atoms with van der Waals surface area (Å²) in [5, 5.41) is 0.699. The number of benzene rings is 2. The highest BCUT2D eigenvalue weighted by Crippen LogP contribution is 2.26. The van der Waals surface area contributed by atoms with Gasteiger partial charge in [0.2, 0.25) is 0 Å². The number of imidazole rings is 1. The quantitative estimate of drug-likeness (QED) is 0.508. The number of nitrogens with zero attached hydrogens (tertiary/aromatic N) is 3. The van der Waals surface area contributed by atoms with E-state index in [1.54, 1.807) is 18.3 Å². The van der Waals surface area contributed by atoms with Crippen LogP contribution in [0, 0.1) is 5.82 Å². The molecule has 1 aliphatic rings. The van der Waals surface area contributed by atoms with E-state index >= 15 is 0 Å². The molecule has 4 rings (SSSR count). The maximum Gasteiger partial charge on any atom is 0.254 e. The Kier molecular flexibility index (Phi) is 6.48. The Morgan fingerprint density at radius 3 is 2.63 bits per heavy atom. The molecule has 0 saturated heterocycles. The molecule has 1 aliphatic carbocycles. The minimum atomic E-state index is -0.340. The maximum atomic E-state index is 13.4. The first-order chi connectivity index (χ1) is 14.6. The zero-order chi connectivity index (χ0) is 20.9. The molecule has 6 heteroatoms. The van der Waals surface area contributed by atoms with Crippen LogP contribution >= 0.6 is 11.6 Å². The lowest BCUT2D eigenvalue weighted by Crippen LogP contribution is -2.41. The molecule has 1 amide bonds. The van der Waals surface area contributed by atoms with Gasteiger partial charge in [-0.1, -0.05) is 43.0 Å². The van der Waals surface area contributed by atoms with E-state index in [0.29, 0.717) is 23.7 Å². The number of carbonyl (C=O) groups excluding carboxylic acids is 1. The fourth-order valence-electron chi connectivity index (χ4n) is 4.14. The van der Waals surface area contributed by atoms with Crippen molar-refractivity contribution >= 4 is 17.5 Å². The molecule has 0 aliphatic heterocycles. The Balaban J connectivity index is 1.58. The van der Waals surface area contributed by atoms with Crippen LogP contribution in [0.25, 0.3) is 0 Å². The fourth-order valence-corrected chi connectivity index (χ4v) is 4.35. The molecule has 1 heterocycles. The number of carbonyl (C=O) groups is 1. The van der Waals surface area contributed by atoms with Gasteiger partial charge in [-0.15, -0.1) is 0 Å². The second kappa shape index (κ2) is 9.43. The highest BCUT2D eigenvalue weighted by atomic mass is 35.5. The minimum absolute atomic E-state index is 0.0702. The third kappa shape index (κ3) is 4.90. The minimum Gasteiger partial charge on any atom is -0.329 e. The Hall–Kier alpha value is -2.66. The normalized spacial score (nSPS) is 14.6. The van der Waals surface area contributed by atoms with Gasteiger partial charge in [0, 0.05) is 35.6 Å². The number of hydrogen-bond donors (Lipinski definition) is 0. The van der Waals surface area contributed by atoms with Crippen molar-refractivity contribution in [2.45, 2.75) is 51.2 Å². The molecule has 1 fully saturated rings. The van der Waals surface area contributed by atoms with Gasteiger partial charge in [0.05, 0.1) is 6.54 Å². The summed E-state index contributed by atoms with van der Waals surface area (Å²) >= 11 is 6.13. The summed E-state index contributed by atoms with van der Waals surface area (Å²) in [5.74, 6) is 0.419. The first kappa shape index (κ1) is 20.6. The summed E-state index contributed by atoms with van der Waals surface area (Å²) in [4.78, 5) is 19.8. The van der Waals surface area contributed by atoms with E-state index in [1.165, 1.54) is 18.6 Å². The maximum absolute atomic E-state index is 13.4. The average molecular weight is 426 g/mol. The van der Waals surface area contributed by atoms with Gasteiger partial charge in [-0.25, -0.2) is 9.37 Å². The predicted octanol–water partition coefficient (Wildman–Crippen LogP) is 5.70. The smallest absolute Gasteiger partial charge is 0.254 e. The van der Waals surface area contributed by atoms with Crippen LogP contribution in [-0.2, 0) is 13.1 Å². The molecule has 1 saturated carbocycles. The molecule has 0 N–H and O–H groups in total. The van der Waals surface area contributed by atoms with Gasteiger partial charge in [-0.05, 0) is 54.8 Å². The monoisotopic (exact) mass is 425 g/mol. The van der Waals surface area contributed by atoms with E-state index in [0.717, 1.165) is 37.1 Å². The van der Waals surface area contributed by atoms with Gasteiger partial charge in [0.15, 0.2) is 0 Å². The van der Waals surface area contributed by atoms with E-state index in [1.807, 2.05) is 35.4 Å². The Bertz CT molecular complexity index is 996. The molecule has 2 aromatic carbocycles. The van der Waals surface area contributed by atoms with Crippen molar-refractivity contribution in [2.75, 3.05) is 0 Å². The summed E-state index contributed by atoms with van der Waals surface area (Å²) in [6.07, 6.45) is 9.12. The summed E-state index contributed by atoms with van der Waals surface area (Å²) in [5.41, 5.74) is 1.59. The average Bonchev–Trinajstić information content (AvgIpc) is 3.19. The number of rotatable bonds is 6. The molecular formula is C24H25ClFN3O. The third-order valence-corrected chi connectivity index (χ3v) is 5.96. The molecule has 1 aromatic heterocycles. The van der Waals surface area contributed by atoms with Crippen LogP contribution in [0.5, 0.6) is 0 Å². The summed E-state index contributed by atoms with van der Waals surface area (Å²) in [6, 6.07) is 13.7. The van der Waals surface area contributed by atoms with Gasteiger partial charge in [0.25, 0.3) is 5.91 Å². The van der Waals surface area contributed by atoms with E-state index in [2.05, 4.69) is 9.55 Å². The van der Waals surface area contributed by atoms with E-state index < -0.39 is 0 Å². The summed E-state index contributed by atoms with van der Waals surface area (Å²) < 4.78 is 15.4. The van der Waals surface area contributed by atoms with E-state index in [-0.39, 0.29) is 17.8 Å². The summed E-state index contributed by atoms with van der Waals surface area (Å²) in [7, 11) is 0. The Labute approximate surface area is 181 Å². The Morgan fingerprint density at radius 2 is 1.90 bits per heavy atom. The van der Waals surface area contributed by atoms with Gasteiger partial charge in [0.1, 0.15) is 11.6 Å². The zero-order valence-electron chi connectivity index (χ0n) is 16.8.